The number of ether oxygens (including phenoxy) is 2. The SMILES string of the molecule is COC(=O)c1ccc(C2(NC(=O)[C@H]3CC(=O)CCN3C(=O)OC(C)(C)C)CC2)cc1. The Morgan fingerprint density at radius 1 is 1.13 bits per heavy atom. The molecule has 162 valence electrons. The Hall–Kier alpha value is -2.90. The fraction of sp³-hybridized carbons (Fsp3) is 0.545. The number of benzene rings is 1. The van der Waals surface area contributed by atoms with Crippen LogP contribution in [0.25, 0.3) is 0 Å². The molecule has 2 fully saturated rings. The van der Waals surface area contributed by atoms with E-state index in [9.17, 15) is 19.2 Å². The molecule has 3 rings (SSSR count). The van der Waals surface area contributed by atoms with Crippen LogP contribution in [0.5, 0.6) is 0 Å². The summed E-state index contributed by atoms with van der Waals surface area (Å²) in [5.74, 6) is -0.852. The molecule has 1 aliphatic carbocycles. The molecule has 8 nitrogen and oxygen atoms in total. The van der Waals surface area contributed by atoms with Gasteiger partial charge in [-0.05, 0) is 51.3 Å². The third-order valence-corrected chi connectivity index (χ3v) is 5.33. The number of rotatable bonds is 4. The van der Waals surface area contributed by atoms with Gasteiger partial charge in [0.05, 0.1) is 18.2 Å². The Morgan fingerprint density at radius 2 is 1.77 bits per heavy atom. The number of nitrogens with one attached hydrogen (secondary N) is 1. The first kappa shape index (κ1) is 21.8. The summed E-state index contributed by atoms with van der Waals surface area (Å²) in [6.45, 7) is 5.43. The topological polar surface area (TPSA) is 102 Å². The molecule has 0 aromatic heterocycles. The van der Waals surface area contributed by atoms with Gasteiger partial charge in [-0.2, -0.15) is 0 Å². The van der Waals surface area contributed by atoms with E-state index in [1.54, 1.807) is 45.0 Å². The van der Waals surface area contributed by atoms with Crippen molar-refractivity contribution < 1.29 is 28.7 Å². The maximum atomic E-state index is 13.1. The van der Waals surface area contributed by atoms with E-state index < -0.39 is 29.2 Å². The van der Waals surface area contributed by atoms with Gasteiger partial charge in [-0.3, -0.25) is 14.5 Å². The highest BCUT2D eigenvalue weighted by atomic mass is 16.6. The normalized spacial score (nSPS) is 20.3. The van der Waals surface area contributed by atoms with Crippen molar-refractivity contribution in [2.45, 2.75) is 63.6 Å². The van der Waals surface area contributed by atoms with Gasteiger partial charge in [0.1, 0.15) is 17.4 Å². The third kappa shape index (κ3) is 4.80. The van der Waals surface area contributed by atoms with E-state index in [4.69, 9.17) is 9.47 Å². The number of methoxy groups -OCH3 is 1. The average molecular weight is 416 g/mol. The predicted octanol–water partition coefficient (Wildman–Crippen LogP) is 2.55. The van der Waals surface area contributed by atoms with Crippen molar-refractivity contribution in [3.63, 3.8) is 0 Å². The molecule has 1 heterocycles. The van der Waals surface area contributed by atoms with E-state index >= 15 is 0 Å². The molecular formula is C22H28N2O6. The highest BCUT2D eigenvalue weighted by molar-refractivity contribution is 5.94. The van der Waals surface area contributed by atoms with Crippen LogP contribution < -0.4 is 5.32 Å². The van der Waals surface area contributed by atoms with Crippen LogP contribution in [-0.2, 0) is 24.6 Å². The Morgan fingerprint density at radius 3 is 2.30 bits per heavy atom. The van der Waals surface area contributed by atoms with Crippen LogP contribution in [0.2, 0.25) is 0 Å². The standard InChI is InChI=1S/C22H28N2O6/c1-21(2,3)30-20(28)24-12-9-16(25)13-17(24)18(26)23-22(10-11-22)15-7-5-14(6-8-15)19(27)29-4/h5-8,17H,9-13H2,1-4H3,(H,23,26)/t17-/m1/s1. The second-order valence-corrected chi connectivity index (χ2v) is 8.82. The maximum absolute atomic E-state index is 13.1. The Labute approximate surface area is 175 Å². The molecule has 1 N–H and O–H groups in total. The van der Waals surface area contributed by atoms with Crippen LogP contribution in [0.15, 0.2) is 24.3 Å². The Kier molecular flexibility index (Phi) is 5.87. The molecule has 0 bridgehead atoms. The van der Waals surface area contributed by atoms with E-state index in [-0.39, 0.29) is 31.1 Å². The lowest BCUT2D eigenvalue weighted by atomic mass is 9.98. The van der Waals surface area contributed by atoms with E-state index in [0.29, 0.717) is 5.56 Å². The average Bonchev–Trinajstić information content (AvgIpc) is 3.46. The minimum Gasteiger partial charge on any atom is -0.465 e. The lowest BCUT2D eigenvalue weighted by molar-refractivity contribution is -0.134. The molecule has 2 aliphatic rings. The number of piperidine rings is 1. The zero-order valence-corrected chi connectivity index (χ0v) is 17.8. The van der Waals surface area contributed by atoms with Gasteiger partial charge >= 0.3 is 12.1 Å². The third-order valence-electron chi connectivity index (χ3n) is 5.33. The summed E-state index contributed by atoms with van der Waals surface area (Å²) in [7, 11) is 1.32. The van der Waals surface area contributed by atoms with Crippen LogP contribution >= 0.6 is 0 Å². The zero-order chi connectivity index (χ0) is 22.1. The van der Waals surface area contributed by atoms with Crippen LogP contribution in [0, 0.1) is 0 Å². The lowest BCUT2D eigenvalue weighted by Gasteiger charge is -2.36. The summed E-state index contributed by atoms with van der Waals surface area (Å²) in [5, 5.41) is 3.03. The molecule has 1 saturated carbocycles. The van der Waals surface area contributed by atoms with Crippen LogP contribution in [0.3, 0.4) is 0 Å². The molecule has 1 saturated heterocycles. The molecular weight excluding hydrogens is 388 g/mol. The number of likely N-dealkylation sites (tertiary alicyclic amines) is 1. The van der Waals surface area contributed by atoms with E-state index in [1.165, 1.54) is 12.0 Å². The monoisotopic (exact) mass is 416 g/mol. The number of hydrogen-bond donors (Lipinski definition) is 1. The first-order valence-corrected chi connectivity index (χ1v) is 10.1. The summed E-state index contributed by atoms with van der Waals surface area (Å²) in [6, 6.07) is 6.00. The van der Waals surface area contributed by atoms with Crippen molar-refractivity contribution in [1.82, 2.24) is 10.2 Å². The number of nitrogens with zero attached hydrogens (tertiary/aromatic N) is 1. The zero-order valence-electron chi connectivity index (χ0n) is 17.8. The van der Waals surface area contributed by atoms with E-state index in [0.717, 1.165) is 18.4 Å². The Bertz CT molecular complexity index is 851. The second kappa shape index (κ2) is 8.08. The maximum Gasteiger partial charge on any atom is 0.410 e. The highest BCUT2D eigenvalue weighted by Crippen LogP contribution is 2.45. The highest BCUT2D eigenvalue weighted by Gasteiger charge is 2.48. The minimum atomic E-state index is -0.895. The van der Waals surface area contributed by atoms with Crippen molar-refractivity contribution in [3.8, 4) is 0 Å². The summed E-state index contributed by atoms with van der Waals surface area (Å²) < 4.78 is 10.1. The molecule has 0 spiro atoms. The molecule has 1 aliphatic heterocycles. The lowest BCUT2D eigenvalue weighted by Crippen LogP contribution is -2.56. The van der Waals surface area contributed by atoms with Gasteiger partial charge in [-0.15, -0.1) is 0 Å². The number of hydrogen-bond acceptors (Lipinski definition) is 6. The summed E-state index contributed by atoms with van der Waals surface area (Å²) >= 11 is 0. The smallest absolute Gasteiger partial charge is 0.410 e. The molecule has 30 heavy (non-hydrogen) atoms. The predicted molar refractivity (Wildman–Crippen MR) is 108 cm³/mol. The first-order valence-electron chi connectivity index (χ1n) is 10.1. The Balaban J connectivity index is 1.74. The van der Waals surface area contributed by atoms with E-state index in [1.807, 2.05) is 0 Å². The molecule has 1 atom stereocenters. The summed E-state index contributed by atoms with van der Waals surface area (Å²) in [6.07, 6.45) is 1.07. The van der Waals surface area contributed by atoms with E-state index in [2.05, 4.69) is 5.32 Å². The number of carbonyl (C=O) groups is 4. The first-order chi connectivity index (χ1) is 14.0. The van der Waals surface area contributed by atoms with Gasteiger partial charge in [0.2, 0.25) is 5.91 Å². The van der Waals surface area contributed by atoms with Gasteiger partial charge in [-0.25, -0.2) is 9.59 Å². The number of Topliss-reactive ketones (excluding diaryl/α,β-unsaturated/α-hetero) is 1. The summed E-state index contributed by atoms with van der Waals surface area (Å²) in [4.78, 5) is 50.7. The van der Waals surface area contributed by atoms with Crippen LogP contribution in [0.1, 0.15) is 62.4 Å². The molecule has 2 amide bonds. The summed E-state index contributed by atoms with van der Waals surface area (Å²) in [5.41, 5.74) is 0.0524. The quantitative estimate of drug-likeness (QED) is 0.757. The van der Waals surface area contributed by atoms with Crippen LogP contribution in [0.4, 0.5) is 4.79 Å². The van der Waals surface area contributed by atoms with Crippen molar-refractivity contribution in [2.75, 3.05) is 13.7 Å². The molecule has 1 aromatic rings. The number of esters is 1. The van der Waals surface area contributed by atoms with Gasteiger partial charge in [0.15, 0.2) is 0 Å². The molecule has 8 heteroatoms. The van der Waals surface area contributed by atoms with Crippen LogP contribution in [-0.4, -0.2) is 54.0 Å². The minimum absolute atomic E-state index is 0.0254. The molecule has 0 unspecified atom stereocenters. The van der Waals surface area contributed by atoms with Crippen molar-refractivity contribution in [2.24, 2.45) is 0 Å². The second-order valence-electron chi connectivity index (χ2n) is 8.82. The van der Waals surface area contributed by atoms with Gasteiger partial charge in [0.25, 0.3) is 0 Å². The number of amides is 2. The van der Waals surface area contributed by atoms with Crippen molar-refractivity contribution in [3.05, 3.63) is 35.4 Å². The molecule has 0 radical (unpaired) electrons. The van der Waals surface area contributed by atoms with Crippen molar-refractivity contribution >= 4 is 23.8 Å². The number of ketones is 1. The fourth-order valence-corrected chi connectivity index (χ4v) is 3.58. The van der Waals surface area contributed by atoms with Crippen molar-refractivity contribution in [1.29, 1.82) is 0 Å². The van der Waals surface area contributed by atoms with Gasteiger partial charge < -0.3 is 14.8 Å². The van der Waals surface area contributed by atoms with Gasteiger partial charge in [0, 0.05) is 19.4 Å². The fourth-order valence-electron chi connectivity index (χ4n) is 3.58. The largest absolute Gasteiger partial charge is 0.465 e. The van der Waals surface area contributed by atoms with Gasteiger partial charge in [-0.1, -0.05) is 12.1 Å². The number of carbonyl (C=O) groups excluding carboxylic acids is 4. The molecule has 1 aromatic carbocycles.